The maximum absolute atomic E-state index is 10.1. The van der Waals surface area contributed by atoms with Crippen molar-refractivity contribution in [2.24, 2.45) is 7.05 Å². The molecule has 1 N–H and O–H groups in total. The van der Waals surface area contributed by atoms with E-state index in [9.17, 15) is 5.11 Å². The van der Waals surface area contributed by atoms with Gasteiger partial charge in [0.1, 0.15) is 12.2 Å². The van der Waals surface area contributed by atoms with Gasteiger partial charge in [-0.1, -0.05) is 0 Å². The Kier molecular flexibility index (Phi) is 3.40. The van der Waals surface area contributed by atoms with Gasteiger partial charge in [-0.15, -0.1) is 0 Å². The highest BCUT2D eigenvalue weighted by molar-refractivity contribution is 9.10. The number of aliphatic hydroxyl groups is 1. The molecule has 1 aromatic heterocycles. The molecule has 0 aliphatic carbocycles. The second-order valence-electron chi connectivity index (χ2n) is 3.43. The fourth-order valence-electron chi connectivity index (χ4n) is 1.62. The van der Waals surface area contributed by atoms with Crippen LogP contribution in [0, 0.1) is 0 Å². The van der Waals surface area contributed by atoms with Gasteiger partial charge >= 0.3 is 0 Å². The average molecular weight is 277 g/mol. The number of aromatic nitrogens is 2. The lowest BCUT2D eigenvalue weighted by Gasteiger charge is -2.27. The summed E-state index contributed by atoms with van der Waals surface area (Å²) in [6.07, 6.45) is 0.625. The normalized spacial score (nSPS) is 24.1. The van der Waals surface area contributed by atoms with Crippen molar-refractivity contribution < 1.29 is 14.6 Å². The monoisotopic (exact) mass is 276 g/mol. The van der Waals surface area contributed by atoms with E-state index in [1.54, 1.807) is 17.9 Å². The van der Waals surface area contributed by atoms with E-state index in [1.165, 1.54) is 0 Å². The fraction of sp³-hybridized carbons (Fsp3) is 0.667. The summed E-state index contributed by atoms with van der Waals surface area (Å²) < 4.78 is 13.1. The number of nitrogens with zero attached hydrogens (tertiary/aromatic N) is 2. The van der Waals surface area contributed by atoms with Crippen molar-refractivity contribution in [3.8, 4) is 0 Å². The molecule has 2 unspecified atom stereocenters. The van der Waals surface area contributed by atoms with E-state index in [0.29, 0.717) is 25.5 Å². The molecule has 0 saturated carbocycles. The molecule has 0 bridgehead atoms. The van der Waals surface area contributed by atoms with Crippen LogP contribution < -0.4 is 0 Å². The molecule has 5 nitrogen and oxygen atoms in total. The van der Waals surface area contributed by atoms with Gasteiger partial charge in [-0.05, 0) is 15.9 Å². The molecule has 84 valence electrons. The highest BCUT2D eigenvalue weighted by atomic mass is 79.9. The van der Waals surface area contributed by atoms with Crippen molar-refractivity contribution in [1.29, 1.82) is 0 Å². The van der Waals surface area contributed by atoms with Gasteiger partial charge in [0, 0.05) is 7.05 Å². The Hall–Kier alpha value is -0.430. The zero-order valence-electron chi connectivity index (χ0n) is 8.39. The van der Waals surface area contributed by atoms with Gasteiger partial charge in [0.05, 0.1) is 36.2 Å². The van der Waals surface area contributed by atoms with E-state index in [1.807, 2.05) is 0 Å². The zero-order valence-corrected chi connectivity index (χ0v) is 9.98. The van der Waals surface area contributed by atoms with Crippen LogP contribution in [0.1, 0.15) is 11.8 Å². The van der Waals surface area contributed by atoms with E-state index >= 15 is 0 Å². The Morgan fingerprint density at radius 1 is 1.67 bits per heavy atom. The molecule has 1 fully saturated rings. The van der Waals surface area contributed by atoms with Crippen LogP contribution in [0.4, 0.5) is 0 Å². The third-order valence-corrected chi connectivity index (χ3v) is 3.02. The van der Waals surface area contributed by atoms with E-state index in [2.05, 4.69) is 21.0 Å². The third-order valence-electron chi connectivity index (χ3n) is 2.41. The van der Waals surface area contributed by atoms with Crippen LogP contribution in [0.3, 0.4) is 0 Å². The lowest BCUT2D eigenvalue weighted by atomic mass is 10.1. The molecular formula is C9H13BrN2O3. The average Bonchev–Trinajstić information content (AvgIpc) is 2.59. The molecule has 0 spiro atoms. The predicted molar refractivity (Wildman–Crippen MR) is 56.4 cm³/mol. The number of hydrogen-bond acceptors (Lipinski definition) is 4. The van der Waals surface area contributed by atoms with Crippen LogP contribution in [0.5, 0.6) is 0 Å². The summed E-state index contributed by atoms with van der Waals surface area (Å²) in [6.45, 7) is 1.53. The first-order valence-corrected chi connectivity index (χ1v) is 5.54. The zero-order chi connectivity index (χ0) is 10.8. The van der Waals surface area contributed by atoms with Gasteiger partial charge in [0.25, 0.3) is 0 Å². The fourth-order valence-corrected chi connectivity index (χ4v) is 2.20. The van der Waals surface area contributed by atoms with Crippen molar-refractivity contribution >= 4 is 15.9 Å². The van der Waals surface area contributed by atoms with Crippen molar-refractivity contribution in [1.82, 2.24) is 9.78 Å². The summed E-state index contributed by atoms with van der Waals surface area (Å²) in [7, 11) is 1.78. The molecule has 2 heterocycles. The summed E-state index contributed by atoms with van der Waals surface area (Å²) in [5.74, 6) is 0. The number of aryl methyl sites for hydroxylation is 1. The molecule has 1 saturated heterocycles. The van der Waals surface area contributed by atoms with Crippen LogP contribution in [-0.4, -0.2) is 40.8 Å². The smallest absolute Gasteiger partial charge is 0.125 e. The van der Waals surface area contributed by atoms with E-state index in [-0.39, 0.29) is 6.10 Å². The molecule has 0 aromatic carbocycles. The van der Waals surface area contributed by atoms with Gasteiger partial charge in [-0.25, -0.2) is 0 Å². The minimum Gasteiger partial charge on any atom is -0.384 e. The van der Waals surface area contributed by atoms with Gasteiger partial charge in [-0.3, -0.25) is 4.68 Å². The molecule has 2 rings (SSSR count). The van der Waals surface area contributed by atoms with Crippen LogP contribution in [-0.2, 0) is 16.5 Å². The second-order valence-corrected chi connectivity index (χ2v) is 4.28. The van der Waals surface area contributed by atoms with Crippen LogP contribution in [0.15, 0.2) is 10.7 Å². The molecule has 6 heteroatoms. The van der Waals surface area contributed by atoms with Gasteiger partial charge in [0.15, 0.2) is 0 Å². The Bertz CT molecular complexity index is 317. The van der Waals surface area contributed by atoms with Crippen LogP contribution >= 0.6 is 15.9 Å². The maximum atomic E-state index is 10.1. The largest absolute Gasteiger partial charge is 0.384 e. The third kappa shape index (κ3) is 2.23. The van der Waals surface area contributed by atoms with Crippen LogP contribution in [0.2, 0.25) is 0 Å². The van der Waals surface area contributed by atoms with Crippen molar-refractivity contribution in [3.05, 3.63) is 16.4 Å². The molecular weight excluding hydrogens is 264 g/mol. The van der Waals surface area contributed by atoms with Gasteiger partial charge in [0.2, 0.25) is 0 Å². The predicted octanol–water partition coefficient (Wildman–Crippen LogP) is 0.631. The summed E-state index contributed by atoms with van der Waals surface area (Å²) in [4.78, 5) is 0. The Labute approximate surface area is 96.1 Å². The summed E-state index contributed by atoms with van der Waals surface area (Å²) in [5.41, 5.74) is 0.713. The summed E-state index contributed by atoms with van der Waals surface area (Å²) >= 11 is 3.34. The maximum Gasteiger partial charge on any atom is 0.125 e. The van der Waals surface area contributed by atoms with E-state index in [0.717, 1.165) is 4.47 Å². The Morgan fingerprint density at radius 3 is 3.00 bits per heavy atom. The molecule has 0 radical (unpaired) electrons. The second kappa shape index (κ2) is 4.61. The number of aliphatic hydroxyl groups excluding tert-OH is 1. The first kappa shape index (κ1) is 11.1. The summed E-state index contributed by atoms with van der Waals surface area (Å²) in [5, 5.41) is 14.1. The van der Waals surface area contributed by atoms with Crippen LogP contribution in [0.25, 0.3) is 0 Å². The van der Waals surface area contributed by atoms with Gasteiger partial charge < -0.3 is 14.6 Å². The Balaban J connectivity index is 2.15. The molecule has 1 aliphatic heterocycles. The molecule has 2 atom stereocenters. The highest BCUT2D eigenvalue weighted by Crippen LogP contribution is 2.27. The first-order valence-electron chi connectivity index (χ1n) is 4.75. The topological polar surface area (TPSA) is 56.5 Å². The minimum absolute atomic E-state index is 0.314. The number of ether oxygens (including phenoxy) is 2. The van der Waals surface area contributed by atoms with E-state index < -0.39 is 6.10 Å². The molecule has 1 aromatic rings. The summed E-state index contributed by atoms with van der Waals surface area (Å²) in [6, 6.07) is 0. The molecule has 0 amide bonds. The number of rotatable bonds is 2. The quantitative estimate of drug-likeness (QED) is 0.861. The van der Waals surface area contributed by atoms with Gasteiger partial charge in [-0.2, -0.15) is 5.10 Å². The number of halogens is 1. The lowest BCUT2D eigenvalue weighted by molar-refractivity contribution is -0.135. The van der Waals surface area contributed by atoms with Crippen molar-refractivity contribution in [2.75, 3.05) is 19.8 Å². The highest BCUT2D eigenvalue weighted by Gasteiger charge is 2.28. The SMILES string of the molecule is Cn1ncc(Br)c1C(O)C1COCCO1. The Morgan fingerprint density at radius 2 is 2.47 bits per heavy atom. The first-order chi connectivity index (χ1) is 7.20. The molecule has 1 aliphatic rings. The standard InChI is InChI=1S/C9H13BrN2O3/c1-12-8(6(10)4-11-12)9(13)7-5-14-2-3-15-7/h4,7,9,13H,2-3,5H2,1H3. The molecule has 15 heavy (non-hydrogen) atoms. The number of hydrogen-bond donors (Lipinski definition) is 1. The lowest BCUT2D eigenvalue weighted by Crippen LogP contribution is -2.34. The van der Waals surface area contributed by atoms with Crippen molar-refractivity contribution in [3.63, 3.8) is 0 Å². The van der Waals surface area contributed by atoms with Crippen molar-refractivity contribution in [2.45, 2.75) is 12.2 Å². The minimum atomic E-state index is -0.716. The van der Waals surface area contributed by atoms with E-state index in [4.69, 9.17) is 9.47 Å².